The van der Waals surface area contributed by atoms with Gasteiger partial charge >= 0.3 is 6.03 Å². The van der Waals surface area contributed by atoms with Gasteiger partial charge in [-0.2, -0.15) is 5.10 Å². The lowest BCUT2D eigenvalue weighted by molar-refractivity contribution is -0.136. The lowest BCUT2D eigenvalue weighted by atomic mass is 9.81. The first-order valence-electron chi connectivity index (χ1n) is 9.40. The molecule has 1 saturated carbocycles. The lowest BCUT2D eigenvalue weighted by Gasteiger charge is -2.35. The molecule has 1 saturated heterocycles. The van der Waals surface area contributed by atoms with Crippen LogP contribution in [0.4, 0.5) is 10.5 Å². The fraction of sp³-hybridized carbons (Fsp3) is 0.667. The predicted octanol–water partition coefficient (Wildman–Crippen LogP) is 0.980. The van der Waals surface area contributed by atoms with Gasteiger partial charge in [0.15, 0.2) is 0 Å². The normalized spacial score (nSPS) is 19.4. The Kier molecular flexibility index (Phi) is 5.50. The van der Waals surface area contributed by atoms with Gasteiger partial charge in [-0.05, 0) is 26.9 Å². The van der Waals surface area contributed by atoms with Crippen molar-refractivity contribution in [2.45, 2.75) is 44.2 Å². The van der Waals surface area contributed by atoms with Gasteiger partial charge < -0.3 is 15.1 Å². The van der Waals surface area contributed by atoms with Crippen LogP contribution in [0.1, 0.15) is 32.1 Å². The van der Waals surface area contributed by atoms with E-state index in [0.29, 0.717) is 25.1 Å². The molecule has 3 rings (SSSR count). The third kappa shape index (κ3) is 3.83. The maximum absolute atomic E-state index is 12.9. The topological polar surface area (TPSA) is 90.8 Å². The molecule has 27 heavy (non-hydrogen) atoms. The van der Waals surface area contributed by atoms with Crippen LogP contribution in [-0.2, 0) is 16.1 Å². The van der Waals surface area contributed by atoms with E-state index in [1.54, 1.807) is 24.1 Å². The minimum atomic E-state index is -0.757. The molecule has 1 aliphatic carbocycles. The van der Waals surface area contributed by atoms with Crippen LogP contribution >= 0.6 is 0 Å². The molecule has 1 N–H and O–H groups in total. The number of nitrogens with one attached hydrogen (secondary N) is 1. The molecule has 1 aliphatic heterocycles. The second kappa shape index (κ2) is 7.67. The van der Waals surface area contributed by atoms with E-state index < -0.39 is 17.5 Å². The highest BCUT2D eigenvalue weighted by atomic mass is 16.2. The first kappa shape index (κ1) is 19.3. The fourth-order valence-electron chi connectivity index (χ4n) is 3.87. The van der Waals surface area contributed by atoms with Gasteiger partial charge in [0.2, 0.25) is 5.91 Å². The largest absolute Gasteiger partial charge is 0.327 e. The second-order valence-electron chi connectivity index (χ2n) is 7.67. The van der Waals surface area contributed by atoms with Crippen molar-refractivity contribution in [2.75, 3.05) is 39.5 Å². The number of aromatic nitrogens is 2. The van der Waals surface area contributed by atoms with Crippen LogP contribution < -0.4 is 5.32 Å². The van der Waals surface area contributed by atoms with Crippen LogP contribution in [0.2, 0.25) is 0 Å². The molecule has 0 radical (unpaired) electrons. The van der Waals surface area contributed by atoms with Crippen molar-refractivity contribution in [1.82, 2.24) is 24.5 Å². The Bertz CT molecular complexity index is 722. The molecule has 0 bridgehead atoms. The predicted molar refractivity (Wildman–Crippen MR) is 100 cm³/mol. The molecule has 1 aromatic heterocycles. The standard InChI is InChI=1S/C18H28N6O3/c1-21(2)9-10-23-12-14(11-19-23)20-15(25)13-24-16(26)18(22(3)17(24)27)7-5-4-6-8-18/h11-12H,4-10,13H2,1-3H3,(H,20,25). The number of amides is 4. The Hall–Kier alpha value is -2.42. The van der Waals surface area contributed by atoms with E-state index in [1.807, 2.05) is 19.0 Å². The van der Waals surface area contributed by atoms with Crippen LogP contribution in [-0.4, -0.2) is 82.1 Å². The number of carbonyl (C=O) groups is 3. The van der Waals surface area contributed by atoms with Gasteiger partial charge in [-0.15, -0.1) is 0 Å². The first-order chi connectivity index (χ1) is 12.8. The van der Waals surface area contributed by atoms with Crippen molar-refractivity contribution in [3.05, 3.63) is 12.4 Å². The van der Waals surface area contributed by atoms with Crippen molar-refractivity contribution in [1.29, 1.82) is 0 Å². The summed E-state index contributed by atoms with van der Waals surface area (Å²) in [5, 5.41) is 6.93. The van der Waals surface area contributed by atoms with E-state index in [0.717, 1.165) is 30.7 Å². The van der Waals surface area contributed by atoms with Crippen molar-refractivity contribution in [2.24, 2.45) is 0 Å². The smallest absolute Gasteiger partial charge is 0.322 e. The van der Waals surface area contributed by atoms with E-state index in [-0.39, 0.29) is 12.5 Å². The van der Waals surface area contributed by atoms with Gasteiger partial charge in [0.1, 0.15) is 12.1 Å². The molecule has 0 unspecified atom stereocenters. The monoisotopic (exact) mass is 376 g/mol. The van der Waals surface area contributed by atoms with Crippen LogP contribution in [0.15, 0.2) is 12.4 Å². The Morgan fingerprint density at radius 1 is 1.26 bits per heavy atom. The van der Waals surface area contributed by atoms with E-state index in [1.165, 1.54) is 4.90 Å². The zero-order valence-corrected chi connectivity index (χ0v) is 16.3. The summed E-state index contributed by atoms with van der Waals surface area (Å²) < 4.78 is 1.74. The highest BCUT2D eigenvalue weighted by molar-refractivity contribution is 6.10. The summed E-state index contributed by atoms with van der Waals surface area (Å²) in [6, 6.07) is -0.390. The Morgan fingerprint density at radius 2 is 1.96 bits per heavy atom. The van der Waals surface area contributed by atoms with Gasteiger partial charge in [0, 0.05) is 19.8 Å². The summed E-state index contributed by atoms with van der Waals surface area (Å²) in [6.45, 7) is 1.27. The van der Waals surface area contributed by atoms with Gasteiger partial charge in [0.05, 0.1) is 18.4 Å². The van der Waals surface area contributed by atoms with Crippen molar-refractivity contribution < 1.29 is 14.4 Å². The van der Waals surface area contributed by atoms with Crippen LogP contribution in [0, 0.1) is 0 Å². The number of urea groups is 1. The Morgan fingerprint density at radius 3 is 2.63 bits per heavy atom. The molecule has 148 valence electrons. The molecule has 2 fully saturated rings. The molecule has 9 nitrogen and oxygen atoms in total. The third-order valence-electron chi connectivity index (χ3n) is 5.48. The summed E-state index contributed by atoms with van der Waals surface area (Å²) in [7, 11) is 5.62. The van der Waals surface area contributed by atoms with E-state index >= 15 is 0 Å². The molecule has 0 aromatic carbocycles. The highest BCUT2D eigenvalue weighted by Crippen LogP contribution is 2.39. The molecule has 2 aliphatic rings. The summed E-state index contributed by atoms with van der Waals surface area (Å²) in [5.41, 5.74) is -0.203. The van der Waals surface area contributed by atoms with Crippen LogP contribution in [0.5, 0.6) is 0 Å². The quantitative estimate of drug-likeness (QED) is 0.748. The number of carbonyl (C=O) groups excluding carboxylic acids is 3. The molecule has 2 heterocycles. The summed E-state index contributed by atoms with van der Waals surface area (Å²) in [4.78, 5) is 42.5. The average Bonchev–Trinajstić information content (AvgIpc) is 3.15. The Balaban J connectivity index is 1.61. The number of imide groups is 1. The SMILES string of the molecule is CN(C)CCn1cc(NC(=O)CN2C(=O)N(C)C3(CCCCC3)C2=O)cn1. The number of hydrogen-bond donors (Lipinski definition) is 1. The van der Waals surface area contributed by atoms with E-state index in [2.05, 4.69) is 10.4 Å². The molecule has 1 aromatic rings. The number of anilines is 1. The molecule has 1 spiro atoms. The Labute approximate surface area is 159 Å². The first-order valence-corrected chi connectivity index (χ1v) is 9.40. The van der Waals surface area contributed by atoms with Crippen LogP contribution in [0.25, 0.3) is 0 Å². The minimum Gasteiger partial charge on any atom is -0.322 e. The van der Waals surface area contributed by atoms with E-state index in [9.17, 15) is 14.4 Å². The maximum Gasteiger partial charge on any atom is 0.327 e. The third-order valence-corrected chi connectivity index (χ3v) is 5.48. The van der Waals surface area contributed by atoms with Crippen molar-refractivity contribution in [3.8, 4) is 0 Å². The van der Waals surface area contributed by atoms with Gasteiger partial charge in [-0.3, -0.25) is 19.2 Å². The summed E-state index contributed by atoms with van der Waals surface area (Å²) >= 11 is 0. The molecule has 0 atom stereocenters. The van der Waals surface area contributed by atoms with Gasteiger partial charge in [0.25, 0.3) is 5.91 Å². The lowest BCUT2D eigenvalue weighted by Crippen LogP contribution is -2.49. The zero-order valence-electron chi connectivity index (χ0n) is 16.3. The van der Waals surface area contributed by atoms with Crippen molar-refractivity contribution >= 4 is 23.5 Å². The molecular formula is C18H28N6O3. The summed E-state index contributed by atoms with van der Waals surface area (Å²) in [6.07, 6.45) is 7.58. The highest BCUT2D eigenvalue weighted by Gasteiger charge is 2.55. The van der Waals surface area contributed by atoms with E-state index in [4.69, 9.17) is 0 Å². The zero-order chi connectivity index (χ0) is 19.6. The minimum absolute atomic E-state index is 0.244. The molecular weight excluding hydrogens is 348 g/mol. The van der Waals surface area contributed by atoms with Gasteiger partial charge in [-0.25, -0.2) is 4.79 Å². The average molecular weight is 376 g/mol. The number of hydrogen-bond acceptors (Lipinski definition) is 5. The van der Waals surface area contributed by atoms with Crippen molar-refractivity contribution in [3.63, 3.8) is 0 Å². The number of nitrogens with zero attached hydrogens (tertiary/aromatic N) is 5. The maximum atomic E-state index is 12.9. The number of rotatable bonds is 6. The molecule has 4 amide bonds. The summed E-state index contributed by atoms with van der Waals surface area (Å²) in [5.74, 6) is -0.642. The number of likely N-dealkylation sites (N-methyl/N-ethyl adjacent to an activating group) is 2. The van der Waals surface area contributed by atoms with Crippen LogP contribution in [0.3, 0.4) is 0 Å². The fourth-order valence-corrected chi connectivity index (χ4v) is 3.87. The molecule has 9 heteroatoms. The second-order valence-corrected chi connectivity index (χ2v) is 7.67. The van der Waals surface area contributed by atoms with Gasteiger partial charge in [-0.1, -0.05) is 19.3 Å².